The Kier molecular flexibility index (Phi) is 15.6. The van der Waals surface area contributed by atoms with Crippen LogP contribution in [0.4, 0.5) is 10.1 Å². The molecule has 294 valence electrons. The molecule has 0 aliphatic rings. The van der Waals surface area contributed by atoms with Crippen LogP contribution in [-0.4, -0.2) is 81.6 Å². The number of carbonyl (C=O) groups is 2. The van der Waals surface area contributed by atoms with Crippen molar-refractivity contribution in [2.24, 2.45) is 0 Å². The van der Waals surface area contributed by atoms with Gasteiger partial charge in [0.15, 0.2) is 6.10 Å². The van der Waals surface area contributed by atoms with Crippen molar-refractivity contribution in [1.29, 1.82) is 0 Å². The number of benzene rings is 3. The molecule has 0 spiro atoms. The van der Waals surface area contributed by atoms with Gasteiger partial charge in [-0.3, -0.25) is 9.59 Å². The van der Waals surface area contributed by atoms with Crippen molar-refractivity contribution in [3.8, 4) is 22.4 Å². The summed E-state index contributed by atoms with van der Waals surface area (Å²) in [5.74, 6) is -1.92. The second-order valence-corrected chi connectivity index (χ2v) is 12.8. The molecule has 4 aromatic rings. The zero-order chi connectivity index (χ0) is 39.9. The Balaban J connectivity index is 1.53. The Hall–Kier alpha value is -5.91. The van der Waals surface area contributed by atoms with Gasteiger partial charge in [-0.15, -0.1) is 20.2 Å². The Morgan fingerprint density at radius 3 is 2.13 bits per heavy atom. The first kappa shape index (κ1) is 41.8. The predicted molar refractivity (Wildman–Crippen MR) is 196 cm³/mol. The molecule has 0 saturated carbocycles. The fourth-order valence-corrected chi connectivity index (χ4v) is 6.05. The minimum atomic E-state index is -1.36. The van der Waals surface area contributed by atoms with Crippen molar-refractivity contribution in [1.82, 2.24) is 4.57 Å². The number of aliphatic hydroxyl groups excluding tert-OH is 2. The maximum atomic E-state index is 14.2. The predicted octanol–water partition coefficient (Wildman–Crippen LogP) is 5.57. The summed E-state index contributed by atoms with van der Waals surface area (Å²) in [4.78, 5) is 56.3. The Morgan fingerprint density at radius 2 is 1.51 bits per heavy atom. The molecule has 3 N–H and O–H groups in total. The summed E-state index contributed by atoms with van der Waals surface area (Å²) in [7, 11) is 0. The van der Waals surface area contributed by atoms with Crippen molar-refractivity contribution < 1.29 is 53.5 Å². The van der Waals surface area contributed by atoms with E-state index in [4.69, 9.17) is 9.47 Å². The third-order valence-corrected chi connectivity index (χ3v) is 8.32. The number of esters is 1. The van der Waals surface area contributed by atoms with Gasteiger partial charge in [0.2, 0.25) is 0 Å². The average Bonchev–Trinajstić information content (AvgIpc) is 3.49. The number of aliphatic hydroxyl groups is 2. The minimum absolute atomic E-state index is 0.0823. The monoisotopic (exact) mass is 766 g/mol. The largest absolute Gasteiger partial charge is 0.463 e. The highest BCUT2D eigenvalue weighted by Gasteiger charge is 2.31. The SMILES string of the molecule is CC(C)c1c(C(=O)Nc2ccccc2)c(-c2ccccc2)c(-c2ccc(F)cc2)n1CC[C@@H](O)C[C@@H](O)CC(=O)OCC(COCCO[N+](=O)[O-])O[N+](=O)[O-]. The van der Waals surface area contributed by atoms with Crippen LogP contribution in [0.25, 0.3) is 22.4 Å². The maximum Gasteiger partial charge on any atom is 0.308 e. The smallest absolute Gasteiger partial charge is 0.308 e. The molecule has 1 amide bonds. The van der Waals surface area contributed by atoms with Crippen LogP contribution in [0.3, 0.4) is 0 Å². The summed E-state index contributed by atoms with van der Waals surface area (Å²) in [5.41, 5.74) is 4.31. The standard InChI is InChI=1S/C38H43FN4O12/c1-25(2)36-35(38(47)40-29-11-7-4-8-12-29)34(26-9-5-3-6-10-26)37(27-13-15-28(39)16-14-27)41(36)18-17-30(44)21-31(45)22-33(46)53-24-32(55-43(50)51)23-52-19-20-54-42(48)49/h3-16,25,30-32,44-45H,17-24H2,1-2H3,(H,40,47)/t30-,31-,32?/m1/s1. The molecule has 0 radical (unpaired) electrons. The highest BCUT2D eigenvalue weighted by Crippen LogP contribution is 2.42. The fraction of sp³-hybridized carbons (Fsp3) is 0.368. The second-order valence-electron chi connectivity index (χ2n) is 12.8. The summed E-state index contributed by atoms with van der Waals surface area (Å²) < 4.78 is 26.2. The van der Waals surface area contributed by atoms with E-state index in [1.54, 1.807) is 24.3 Å². The van der Waals surface area contributed by atoms with E-state index >= 15 is 0 Å². The highest BCUT2D eigenvalue weighted by atomic mass is 19.1. The summed E-state index contributed by atoms with van der Waals surface area (Å²) in [6.45, 7) is 2.27. The molecule has 1 unspecified atom stereocenters. The van der Waals surface area contributed by atoms with Crippen LogP contribution >= 0.6 is 0 Å². The van der Waals surface area contributed by atoms with Crippen LogP contribution in [0.15, 0.2) is 84.9 Å². The summed E-state index contributed by atoms with van der Waals surface area (Å²) in [5, 5.41) is 43.7. The molecule has 0 aliphatic carbocycles. The zero-order valence-corrected chi connectivity index (χ0v) is 30.2. The maximum absolute atomic E-state index is 14.2. The van der Waals surface area contributed by atoms with Crippen LogP contribution in [0.1, 0.15) is 55.1 Å². The molecule has 0 fully saturated rings. The molecule has 1 aromatic heterocycles. The zero-order valence-electron chi connectivity index (χ0n) is 30.2. The topological polar surface area (TPSA) is 215 Å². The first-order valence-corrected chi connectivity index (χ1v) is 17.5. The number of para-hydroxylation sites is 1. The molecule has 16 nitrogen and oxygen atoms in total. The Labute approximate surface area is 315 Å². The van der Waals surface area contributed by atoms with Crippen LogP contribution in [0.2, 0.25) is 0 Å². The number of ether oxygens (including phenoxy) is 2. The van der Waals surface area contributed by atoms with Crippen molar-refractivity contribution in [2.45, 2.75) is 63.9 Å². The van der Waals surface area contributed by atoms with E-state index in [0.717, 1.165) is 5.56 Å². The van der Waals surface area contributed by atoms with Gasteiger partial charge in [-0.2, -0.15) is 0 Å². The van der Waals surface area contributed by atoms with Gasteiger partial charge >= 0.3 is 5.97 Å². The minimum Gasteiger partial charge on any atom is -0.463 e. The molecular formula is C38H43FN4O12. The lowest BCUT2D eigenvalue weighted by Gasteiger charge is -2.20. The van der Waals surface area contributed by atoms with Crippen molar-refractivity contribution >= 4 is 17.6 Å². The van der Waals surface area contributed by atoms with E-state index in [1.807, 2.05) is 66.9 Å². The van der Waals surface area contributed by atoms with Crippen molar-refractivity contribution in [3.63, 3.8) is 0 Å². The van der Waals surface area contributed by atoms with Gasteiger partial charge < -0.3 is 39.2 Å². The van der Waals surface area contributed by atoms with Crippen LogP contribution in [-0.2, 0) is 30.5 Å². The van der Waals surface area contributed by atoms with Gasteiger partial charge in [0.05, 0.1) is 43.1 Å². The number of hydrogen-bond donors (Lipinski definition) is 3. The van der Waals surface area contributed by atoms with Crippen molar-refractivity contribution in [3.05, 3.63) is 122 Å². The van der Waals surface area contributed by atoms with Gasteiger partial charge in [-0.25, -0.2) is 4.39 Å². The first-order chi connectivity index (χ1) is 26.3. The lowest BCUT2D eigenvalue weighted by molar-refractivity contribution is -0.769. The van der Waals surface area contributed by atoms with Crippen molar-refractivity contribution in [2.75, 3.05) is 31.7 Å². The number of halogens is 1. The summed E-state index contributed by atoms with van der Waals surface area (Å²) in [6, 6.07) is 24.2. The molecular weight excluding hydrogens is 723 g/mol. The summed E-state index contributed by atoms with van der Waals surface area (Å²) in [6.07, 6.45) is -4.55. The van der Waals surface area contributed by atoms with Crippen LogP contribution in [0.5, 0.6) is 0 Å². The molecule has 55 heavy (non-hydrogen) atoms. The van der Waals surface area contributed by atoms with Gasteiger partial charge in [0.1, 0.15) is 19.0 Å². The number of nitrogens with zero attached hydrogens (tertiary/aromatic N) is 3. The number of amides is 1. The third kappa shape index (κ3) is 12.6. The Bertz CT molecular complexity index is 1870. The summed E-state index contributed by atoms with van der Waals surface area (Å²) >= 11 is 0. The van der Waals surface area contributed by atoms with E-state index in [9.17, 15) is 44.4 Å². The van der Waals surface area contributed by atoms with E-state index in [-0.39, 0.29) is 37.8 Å². The number of hydrogen-bond acceptors (Lipinski definition) is 12. The van der Waals surface area contributed by atoms with E-state index in [2.05, 4.69) is 15.0 Å². The normalized spacial score (nSPS) is 12.8. The quantitative estimate of drug-likeness (QED) is 0.0387. The second kappa shape index (κ2) is 20.5. The van der Waals surface area contributed by atoms with Gasteiger partial charge in [-0.1, -0.05) is 62.4 Å². The molecule has 3 atom stereocenters. The lowest BCUT2D eigenvalue weighted by atomic mass is 9.94. The number of aromatic nitrogens is 1. The molecule has 0 saturated heterocycles. The molecule has 1 heterocycles. The number of anilines is 1. The molecule has 4 rings (SSSR count). The third-order valence-electron chi connectivity index (χ3n) is 8.32. The Morgan fingerprint density at radius 1 is 0.855 bits per heavy atom. The van der Waals surface area contributed by atoms with Crippen LogP contribution < -0.4 is 5.32 Å². The van der Waals surface area contributed by atoms with E-state index in [0.29, 0.717) is 33.8 Å². The average molecular weight is 767 g/mol. The molecule has 0 bridgehead atoms. The number of carbonyl (C=O) groups excluding carboxylic acids is 2. The van der Waals surface area contributed by atoms with E-state index < -0.39 is 66.5 Å². The molecule has 17 heteroatoms. The van der Waals surface area contributed by atoms with E-state index in [1.165, 1.54) is 12.1 Å². The van der Waals surface area contributed by atoms with Gasteiger partial charge in [0.25, 0.3) is 16.1 Å². The van der Waals surface area contributed by atoms with Crippen LogP contribution in [0, 0.1) is 26.0 Å². The first-order valence-electron chi connectivity index (χ1n) is 17.5. The number of nitrogens with one attached hydrogen (secondary N) is 1. The fourth-order valence-electron chi connectivity index (χ4n) is 6.05. The highest BCUT2D eigenvalue weighted by molar-refractivity contribution is 6.12. The number of rotatable bonds is 22. The van der Waals surface area contributed by atoms with Gasteiger partial charge in [-0.05, 0) is 66.3 Å². The lowest BCUT2D eigenvalue weighted by Crippen LogP contribution is -2.31. The molecule has 0 aliphatic heterocycles. The molecule has 3 aromatic carbocycles. The van der Waals surface area contributed by atoms with Gasteiger partial charge in [0, 0.05) is 23.5 Å².